The number of piperidine rings is 1. The number of ether oxygens (including phenoxy) is 1. The van der Waals surface area contributed by atoms with Gasteiger partial charge in [-0.25, -0.2) is 0 Å². The lowest BCUT2D eigenvalue weighted by Gasteiger charge is -2.33. The van der Waals surface area contributed by atoms with Crippen LogP contribution >= 0.6 is 0 Å². The van der Waals surface area contributed by atoms with Crippen molar-refractivity contribution in [1.29, 1.82) is 0 Å². The molecule has 3 rings (SSSR count). The zero-order valence-corrected chi connectivity index (χ0v) is 18.2. The summed E-state index contributed by atoms with van der Waals surface area (Å²) in [6.45, 7) is 5.86. The molecule has 3 amide bonds. The molecule has 2 aliphatic heterocycles. The maximum atomic E-state index is 13.1. The maximum Gasteiger partial charge on any atom is 0.245 e. The van der Waals surface area contributed by atoms with E-state index in [2.05, 4.69) is 5.32 Å². The molecule has 0 spiro atoms. The molecule has 1 aromatic rings. The second kappa shape index (κ2) is 9.96. The van der Waals surface area contributed by atoms with E-state index in [0.29, 0.717) is 12.3 Å². The largest absolute Gasteiger partial charge is 0.497 e. The molecule has 1 N–H and O–H groups in total. The van der Waals surface area contributed by atoms with Crippen LogP contribution in [0.4, 0.5) is 5.69 Å². The van der Waals surface area contributed by atoms with Crippen molar-refractivity contribution >= 4 is 23.4 Å². The van der Waals surface area contributed by atoms with Gasteiger partial charge in [0, 0.05) is 31.7 Å². The summed E-state index contributed by atoms with van der Waals surface area (Å²) in [5.41, 5.74) is 0.749. The molecule has 2 aliphatic rings. The van der Waals surface area contributed by atoms with Gasteiger partial charge in [0.05, 0.1) is 13.0 Å². The fourth-order valence-corrected chi connectivity index (χ4v) is 4.16. The third-order valence-electron chi connectivity index (χ3n) is 6.32. The minimum Gasteiger partial charge on any atom is -0.497 e. The Hall–Kier alpha value is -2.57. The third-order valence-corrected chi connectivity index (χ3v) is 6.32. The average molecular weight is 416 g/mol. The van der Waals surface area contributed by atoms with Crippen molar-refractivity contribution in [2.75, 3.05) is 31.6 Å². The number of carbonyl (C=O) groups is 3. The number of hydrogen-bond acceptors (Lipinski definition) is 4. The highest BCUT2D eigenvalue weighted by molar-refractivity contribution is 6.01. The van der Waals surface area contributed by atoms with Gasteiger partial charge in [0.15, 0.2) is 0 Å². The van der Waals surface area contributed by atoms with Crippen molar-refractivity contribution in [2.24, 2.45) is 11.8 Å². The van der Waals surface area contributed by atoms with Gasteiger partial charge in [0.2, 0.25) is 17.7 Å². The number of amides is 3. The van der Waals surface area contributed by atoms with E-state index in [0.717, 1.165) is 44.5 Å². The van der Waals surface area contributed by atoms with Crippen LogP contribution in [0.3, 0.4) is 0 Å². The smallest absolute Gasteiger partial charge is 0.245 e. The molecule has 164 valence electrons. The van der Waals surface area contributed by atoms with E-state index in [1.165, 1.54) is 0 Å². The first-order valence-electron chi connectivity index (χ1n) is 11.0. The van der Waals surface area contributed by atoms with Crippen molar-refractivity contribution in [3.8, 4) is 5.75 Å². The number of carbonyl (C=O) groups excluding carboxylic acids is 3. The van der Waals surface area contributed by atoms with Crippen LogP contribution in [0.1, 0.15) is 46.0 Å². The molecule has 3 atom stereocenters. The summed E-state index contributed by atoms with van der Waals surface area (Å²) in [6.07, 6.45) is 4.13. The molecule has 2 saturated heterocycles. The van der Waals surface area contributed by atoms with Crippen LogP contribution in [-0.2, 0) is 14.4 Å². The zero-order valence-electron chi connectivity index (χ0n) is 18.2. The fraction of sp³-hybridized carbons (Fsp3) is 0.609. The van der Waals surface area contributed by atoms with Gasteiger partial charge in [0.1, 0.15) is 11.8 Å². The first kappa shape index (κ1) is 22.1. The van der Waals surface area contributed by atoms with Crippen LogP contribution in [0.2, 0.25) is 0 Å². The van der Waals surface area contributed by atoms with Crippen molar-refractivity contribution in [1.82, 2.24) is 10.2 Å². The van der Waals surface area contributed by atoms with Gasteiger partial charge in [-0.2, -0.15) is 0 Å². The van der Waals surface area contributed by atoms with Crippen molar-refractivity contribution in [3.63, 3.8) is 0 Å². The lowest BCUT2D eigenvalue weighted by atomic mass is 9.95. The number of likely N-dealkylation sites (tertiary alicyclic amines) is 1. The second-order valence-corrected chi connectivity index (χ2v) is 8.36. The first-order chi connectivity index (χ1) is 14.4. The number of benzene rings is 1. The summed E-state index contributed by atoms with van der Waals surface area (Å²) in [6, 6.07) is 6.70. The highest BCUT2D eigenvalue weighted by Gasteiger charge is 2.38. The molecule has 7 heteroatoms. The van der Waals surface area contributed by atoms with Crippen molar-refractivity contribution in [2.45, 2.75) is 52.0 Å². The van der Waals surface area contributed by atoms with Crippen LogP contribution in [0.15, 0.2) is 24.3 Å². The number of anilines is 1. The summed E-state index contributed by atoms with van der Waals surface area (Å²) < 4.78 is 5.16. The van der Waals surface area contributed by atoms with Crippen LogP contribution in [0.5, 0.6) is 5.75 Å². The van der Waals surface area contributed by atoms with E-state index < -0.39 is 12.0 Å². The van der Waals surface area contributed by atoms with E-state index in [1.54, 1.807) is 24.1 Å². The molecule has 0 aromatic heterocycles. The third kappa shape index (κ3) is 4.94. The fourth-order valence-electron chi connectivity index (χ4n) is 4.16. The Labute approximate surface area is 178 Å². The van der Waals surface area contributed by atoms with Gasteiger partial charge < -0.3 is 19.9 Å². The normalized spacial score (nSPS) is 21.3. The Morgan fingerprint density at radius 1 is 1.17 bits per heavy atom. The lowest BCUT2D eigenvalue weighted by molar-refractivity contribution is -0.139. The first-order valence-corrected chi connectivity index (χ1v) is 11.0. The average Bonchev–Trinajstić information content (AvgIpc) is 3.18. The van der Waals surface area contributed by atoms with Crippen LogP contribution in [-0.4, -0.2) is 55.4 Å². The van der Waals surface area contributed by atoms with E-state index >= 15 is 0 Å². The molecular weight excluding hydrogens is 382 g/mol. The van der Waals surface area contributed by atoms with Gasteiger partial charge in [0.25, 0.3) is 0 Å². The Morgan fingerprint density at radius 2 is 1.83 bits per heavy atom. The zero-order chi connectivity index (χ0) is 21.7. The molecule has 2 fully saturated rings. The Morgan fingerprint density at radius 3 is 2.43 bits per heavy atom. The van der Waals surface area contributed by atoms with Gasteiger partial charge in [-0.15, -0.1) is 0 Å². The van der Waals surface area contributed by atoms with E-state index in [-0.39, 0.29) is 30.1 Å². The molecule has 1 aromatic carbocycles. The summed E-state index contributed by atoms with van der Waals surface area (Å²) in [4.78, 5) is 42.1. The minimum absolute atomic E-state index is 0.00809. The standard InChI is InChI=1S/C23H33N3O4/c1-4-16(2)21(23(29)25-12-6-5-7-13-25)24-22(28)17-14-20(27)26(15-17)18-8-10-19(30-3)11-9-18/h8-11,16-17,21H,4-7,12-15H2,1-3H3,(H,24,28)/t16?,17?,21-/m0/s1. The topological polar surface area (TPSA) is 79.0 Å². The number of hydrogen-bond donors (Lipinski definition) is 1. The van der Waals surface area contributed by atoms with E-state index in [9.17, 15) is 14.4 Å². The molecule has 30 heavy (non-hydrogen) atoms. The van der Waals surface area contributed by atoms with Gasteiger partial charge >= 0.3 is 0 Å². The van der Waals surface area contributed by atoms with Crippen molar-refractivity contribution < 1.29 is 19.1 Å². The summed E-state index contributed by atoms with van der Waals surface area (Å²) in [5.74, 6) is 0.0114. The quantitative estimate of drug-likeness (QED) is 0.742. The number of methoxy groups -OCH3 is 1. The number of nitrogens with zero attached hydrogens (tertiary/aromatic N) is 2. The Bertz CT molecular complexity index is 758. The molecular formula is C23H33N3O4. The minimum atomic E-state index is -0.536. The van der Waals surface area contributed by atoms with Gasteiger partial charge in [-0.05, 0) is 49.4 Å². The summed E-state index contributed by atoms with van der Waals surface area (Å²) >= 11 is 0. The van der Waals surface area contributed by atoms with Crippen LogP contribution in [0.25, 0.3) is 0 Å². The van der Waals surface area contributed by atoms with Crippen LogP contribution in [0, 0.1) is 11.8 Å². The second-order valence-electron chi connectivity index (χ2n) is 8.36. The van der Waals surface area contributed by atoms with Gasteiger partial charge in [-0.1, -0.05) is 20.3 Å². The Kier molecular flexibility index (Phi) is 7.34. The highest BCUT2D eigenvalue weighted by Crippen LogP contribution is 2.27. The SMILES string of the molecule is CCC(C)[C@H](NC(=O)C1CC(=O)N(c2ccc(OC)cc2)C1)C(=O)N1CCCCC1. The molecule has 0 bridgehead atoms. The predicted octanol–water partition coefficient (Wildman–Crippen LogP) is 2.59. The monoisotopic (exact) mass is 415 g/mol. The summed E-state index contributed by atoms with van der Waals surface area (Å²) in [5, 5.41) is 2.99. The Balaban J connectivity index is 1.66. The molecule has 0 aliphatic carbocycles. The van der Waals surface area contributed by atoms with Gasteiger partial charge in [-0.3, -0.25) is 14.4 Å². The molecule has 7 nitrogen and oxygen atoms in total. The van der Waals surface area contributed by atoms with Crippen molar-refractivity contribution in [3.05, 3.63) is 24.3 Å². The number of rotatable bonds is 7. The molecule has 0 saturated carbocycles. The molecule has 2 unspecified atom stereocenters. The predicted molar refractivity (Wildman–Crippen MR) is 115 cm³/mol. The van der Waals surface area contributed by atoms with Crippen LogP contribution < -0.4 is 15.0 Å². The maximum absolute atomic E-state index is 13.1. The highest BCUT2D eigenvalue weighted by atomic mass is 16.5. The number of nitrogens with one attached hydrogen (secondary N) is 1. The van der Waals surface area contributed by atoms with E-state index in [4.69, 9.17) is 4.74 Å². The van der Waals surface area contributed by atoms with E-state index in [1.807, 2.05) is 30.9 Å². The molecule has 2 heterocycles. The molecule has 0 radical (unpaired) electrons. The summed E-state index contributed by atoms with van der Waals surface area (Å²) in [7, 11) is 1.59. The lowest BCUT2D eigenvalue weighted by Crippen LogP contribution is -2.54.